The zero-order valence-corrected chi connectivity index (χ0v) is 15.0. The highest BCUT2D eigenvalue weighted by Crippen LogP contribution is 2.24. The van der Waals surface area contributed by atoms with Crippen molar-refractivity contribution in [3.05, 3.63) is 21.9 Å². The number of thiophene rings is 1. The third kappa shape index (κ3) is 3.94. The highest BCUT2D eigenvalue weighted by Gasteiger charge is 2.30. The number of nitrogens with zero attached hydrogens (tertiary/aromatic N) is 3. The van der Waals surface area contributed by atoms with E-state index in [9.17, 15) is 4.79 Å². The summed E-state index contributed by atoms with van der Waals surface area (Å²) in [5.74, 6) is 0.284. The van der Waals surface area contributed by atoms with Gasteiger partial charge in [0.1, 0.15) is 0 Å². The summed E-state index contributed by atoms with van der Waals surface area (Å²) in [6, 6.07) is 2.15. The number of methoxy groups -OCH3 is 1. The fourth-order valence-corrected chi connectivity index (χ4v) is 4.34. The van der Waals surface area contributed by atoms with Gasteiger partial charge >= 0.3 is 0 Å². The van der Waals surface area contributed by atoms with Crippen molar-refractivity contribution in [3.63, 3.8) is 0 Å². The van der Waals surface area contributed by atoms with Crippen LogP contribution in [0.2, 0.25) is 0 Å². The second kappa shape index (κ2) is 7.75. The number of amides is 1. The Labute approximate surface area is 142 Å². The Morgan fingerprint density at radius 2 is 2.09 bits per heavy atom. The highest BCUT2D eigenvalue weighted by molar-refractivity contribution is 7.10. The standard InChI is InChI=1S/C17H27N3O2S/c1-14(19-8-6-18(7-9-19)10-11-22-2)17(21)20-5-3-16-15(13-20)4-12-23-16/h4,12,14H,3,5-11,13H2,1-2H3/t14-/m0/s1. The zero-order valence-electron chi connectivity index (χ0n) is 14.2. The van der Waals surface area contributed by atoms with Crippen LogP contribution in [0.3, 0.4) is 0 Å². The van der Waals surface area contributed by atoms with E-state index < -0.39 is 0 Å². The van der Waals surface area contributed by atoms with E-state index in [-0.39, 0.29) is 11.9 Å². The third-order valence-electron chi connectivity index (χ3n) is 5.04. The first kappa shape index (κ1) is 16.9. The molecule has 0 aliphatic carbocycles. The van der Waals surface area contributed by atoms with Gasteiger partial charge < -0.3 is 9.64 Å². The smallest absolute Gasteiger partial charge is 0.239 e. The lowest BCUT2D eigenvalue weighted by molar-refractivity contribution is -0.138. The fourth-order valence-electron chi connectivity index (χ4n) is 3.45. The van der Waals surface area contributed by atoms with Gasteiger partial charge in [-0.1, -0.05) is 0 Å². The lowest BCUT2D eigenvalue weighted by Gasteiger charge is -2.39. The molecule has 1 saturated heterocycles. The van der Waals surface area contributed by atoms with Crippen molar-refractivity contribution in [2.75, 3.05) is 53.0 Å². The summed E-state index contributed by atoms with van der Waals surface area (Å²) in [6.45, 7) is 9.47. The second-order valence-electron chi connectivity index (χ2n) is 6.43. The number of ether oxygens (including phenoxy) is 1. The van der Waals surface area contributed by atoms with E-state index in [1.54, 1.807) is 7.11 Å². The van der Waals surface area contributed by atoms with Crippen LogP contribution in [0.15, 0.2) is 11.4 Å². The molecule has 1 atom stereocenters. The Kier molecular flexibility index (Phi) is 5.69. The molecule has 0 aromatic carbocycles. The minimum Gasteiger partial charge on any atom is -0.383 e. The summed E-state index contributed by atoms with van der Waals surface area (Å²) in [5, 5.41) is 2.14. The number of piperazine rings is 1. The van der Waals surface area contributed by atoms with Gasteiger partial charge in [0, 0.05) is 57.8 Å². The van der Waals surface area contributed by atoms with Crippen LogP contribution in [-0.4, -0.2) is 79.6 Å². The molecule has 6 heteroatoms. The van der Waals surface area contributed by atoms with E-state index >= 15 is 0 Å². The van der Waals surface area contributed by atoms with Gasteiger partial charge in [-0.05, 0) is 30.4 Å². The SMILES string of the molecule is COCCN1CCN([C@@H](C)C(=O)N2CCc3sccc3C2)CC1. The van der Waals surface area contributed by atoms with Gasteiger partial charge in [0.15, 0.2) is 0 Å². The van der Waals surface area contributed by atoms with Crippen LogP contribution < -0.4 is 0 Å². The van der Waals surface area contributed by atoms with Crippen molar-refractivity contribution in [1.29, 1.82) is 0 Å². The largest absolute Gasteiger partial charge is 0.383 e. The van der Waals surface area contributed by atoms with Crippen LogP contribution in [0, 0.1) is 0 Å². The van der Waals surface area contributed by atoms with E-state index in [0.29, 0.717) is 0 Å². The van der Waals surface area contributed by atoms with Gasteiger partial charge in [0.25, 0.3) is 0 Å². The number of carbonyl (C=O) groups is 1. The minimum atomic E-state index is -0.0141. The Morgan fingerprint density at radius 1 is 1.30 bits per heavy atom. The summed E-state index contributed by atoms with van der Waals surface area (Å²) in [6.07, 6.45) is 1.01. The van der Waals surface area contributed by atoms with Crippen LogP contribution in [0.4, 0.5) is 0 Å². The van der Waals surface area contributed by atoms with Crippen LogP contribution in [0.25, 0.3) is 0 Å². The fraction of sp³-hybridized carbons (Fsp3) is 0.706. The van der Waals surface area contributed by atoms with Crippen LogP contribution >= 0.6 is 11.3 Å². The number of hydrogen-bond acceptors (Lipinski definition) is 5. The number of carbonyl (C=O) groups excluding carboxylic acids is 1. The molecule has 128 valence electrons. The van der Waals surface area contributed by atoms with Gasteiger partial charge in [0.05, 0.1) is 12.6 Å². The van der Waals surface area contributed by atoms with Crippen molar-refractivity contribution in [2.45, 2.75) is 25.9 Å². The predicted octanol–water partition coefficient (Wildman–Crippen LogP) is 1.29. The molecule has 5 nitrogen and oxygen atoms in total. The molecule has 2 aliphatic rings. The minimum absolute atomic E-state index is 0.0141. The molecule has 0 spiro atoms. The number of fused-ring (bicyclic) bond motifs is 1. The normalized spacial score (nSPS) is 21.2. The van der Waals surface area contributed by atoms with Crippen molar-refractivity contribution in [2.24, 2.45) is 0 Å². The molecule has 0 unspecified atom stereocenters. The molecule has 3 heterocycles. The topological polar surface area (TPSA) is 36.0 Å². The van der Waals surface area contributed by atoms with Gasteiger partial charge in [-0.3, -0.25) is 14.6 Å². The van der Waals surface area contributed by atoms with Crippen LogP contribution in [0.1, 0.15) is 17.4 Å². The first-order valence-electron chi connectivity index (χ1n) is 8.48. The quantitative estimate of drug-likeness (QED) is 0.811. The maximum Gasteiger partial charge on any atom is 0.239 e. The molecule has 1 amide bonds. The zero-order chi connectivity index (χ0) is 16.2. The summed E-state index contributed by atoms with van der Waals surface area (Å²) in [4.78, 5) is 21.1. The Balaban J connectivity index is 1.51. The molecule has 0 N–H and O–H groups in total. The van der Waals surface area contributed by atoms with Crippen molar-refractivity contribution < 1.29 is 9.53 Å². The molecule has 1 aromatic rings. The molecule has 0 radical (unpaired) electrons. The molecule has 23 heavy (non-hydrogen) atoms. The van der Waals surface area contributed by atoms with Gasteiger partial charge in [0.2, 0.25) is 5.91 Å². The van der Waals surface area contributed by atoms with E-state index in [1.807, 2.05) is 16.2 Å². The van der Waals surface area contributed by atoms with Crippen LogP contribution in [-0.2, 0) is 22.5 Å². The summed E-state index contributed by atoms with van der Waals surface area (Å²) in [5.41, 5.74) is 1.34. The summed E-state index contributed by atoms with van der Waals surface area (Å²) in [7, 11) is 1.74. The summed E-state index contributed by atoms with van der Waals surface area (Å²) < 4.78 is 5.14. The highest BCUT2D eigenvalue weighted by atomic mass is 32.1. The van der Waals surface area contributed by atoms with Gasteiger partial charge in [-0.25, -0.2) is 0 Å². The average molecular weight is 337 g/mol. The average Bonchev–Trinajstić information content (AvgIpc) is 3.06. The molecule has 1 aromatic heterocycles. The molecule has 2 aliphatic heterocycles. The molecule has 1 fully saturated rings. The van der Waals surface area contributed by atoms with Crippen molar-refractivity contribution in [1.82, 2.24) is 14.7 Å². The molecule has 3 rings (SSSR count). The van der Waals surface area contributed by atoms with Crippen molar-refractivity contribution >= 4 is 17.2 Å². The van der Waals surface area contributed by atoms with Gasteiger partial charge in [-0.2, -0.15) is 0 Å². The third-order valence-corrected chi connectivity index (χ3v) is 6.07. The number of rotatable bonds is 5. The van der Waals surface area contributed by atoms with Crippen LogP contribution in [0.5, 0.6) is 0 Å². The monoisotopic (exact) mass is 337 g/mol. The number of hydrogen-bond donors (Lipinski definition) is 0. The van der Waals surface area contributed by atoms with E-state index in [0.717, 1.165) is 58.8 Å². The Morgan fingerprint density at radius 3 is 2.83 bits per heavy atom. The van der Waals surface area contributed by atoms with E-state index in [4.69, 9.17) is 4.74 Å². The maximum absolute atomic E-state index is 12.8. The van der Waals surface area contributed by atoms with Crippen molar-refractivity contribution in [3.8, 4) is 0 Å². The lowest BCUT2D eigenvalue weighted by Crippen LogP contribution is -2.55. The lowest BCUT2D eigenvalue weighted by atomic mass is 10.1. The first-order chi connectivity index (χ1) is 11.2. The molecule has 0 bridgehead atoms. The second-order valence-corrected chi connectivity index (χ2v) is 7.43. The molecular weight excluding hydrogens is 310 g/mol. The molecule has 0 saturated carbocycles. The first-order valence-corrected chi connectivity index (χ1v) is 9.36. The Bertz CT molecular complexity index is 526. The van der Waals surface area contributed by atoms with E-state index in [2.05, 4.69) is 28.2 Å². The van der Waals surface area contributed by atoms with Gasteiger partial charge in [-0.15, -0.1) is 11.3 Å². The maximum atomic E-state index is 12.8. The van der Waals surface area contributed by atoms with E-state index in [1.165, 1.54) is 10.4 Å². The summed E-state index contributed by atoms with van der Waals surface area (Å²) >= 11 is 1.82. The molecular formula is C17H27N3O2S. The Hall–Kier alpha value is -0.950. The predicted molar refractivity (Wildman–Crippen MR) is 92.8 cm³/mol.